The molecule has 2 aromatic rings. The summed E-state index contributed by atoms with van der Waals surface area (Å²) >= 11 is 0. The number of anilines is 1. The van der Waals surface area contributed by atoms with Crippen LogP contribution in [0.15, 0.2) is 41.3 Å². The van der Waals surface area contributed by atoms with E-state index in [0.29, 0.717) is 17.2 Å². The Balaban J connectivity index is 2.51. The molecule has 8 heteroatoms. The third-order valence-corrected chi connectivity index (χ3v) is 6.62. The maximum Gasteiger partial charge on any atom is 0.264 e. The van der Waals surface area contributed by atoms with E-state index in [1.807, 2.05) is 33.8 Å². The third-order valence-electron chi connectivity index (χ3n) is 4.85. The summed E-state index contributed by atoms with van der Waals surface area (Å²) < 4.78 is 38.9. The zero-order chi connectivity index (χ0) is 23.2. The first kappa shape index (κ1) is 24.5. The van der Waals surface area contributed by atoms with Gasteiger partial charge in [0.25, 0.3) is 10.0 Å². The molecule has 2 rings (SSSR count). The fourth-order valence-corrected chi connectivity index (χ4v) is 4.89. The molecule has 1 amide bonds. The first-order chi connectivity index (χ1) is 14.6. The molecule has 0 saturated heterocycles. The molecular weight excluding hydrogens is 416 g/mol. The molecule has 0 bridgehead atoms. The van der Waals surface area contributed by atoms with Crippen LogP contribution in [0.5, 0.6) is 11.5 Å². The summed E-state index contributed by atoms with van der Waals surface area (Å²) in [6.07, 6.45) is 1.74. The summed E-state index contributed by atoms with van der Waals surface area (Å²) in [5.74, 6) is 0.361. The predicted molar refractivity (Wildman–Crippen MR) is 123 cm³/mol. The van der Waals surface area contributed by atoms with Gasteiger partial charge in [-0.2, -0.15) is 0 Å². The highest BCUT2D eigenvalue weighted by atomic mass is 32.2. The number of sulfonamides is 1. The van der Waals surface area contributed by atoms with Gasteiger partial charge < -0.3 is 14.8 Å². The summed E-state index contributed by atoms with van der Waals surface area (Å²) in [5.41, 5.74) is 2.25. The van der Waals surface area contributed by atoms with Crippen LogP contribution in [0.2, 0.25) is 0 Å². The quantitative estimate of drug-likeness (QED) is 0.597. The van der Waals surface area contributed by atoms with Crippen LogP contribution in [0.25, 0.3) is 0 Å². The predicted octanol–water partition coefficient (Wildman–Crippen LogP) is 3.82. The first-order valence-electron chi connectivity index (χ1n) is 10.2. The summed E-state index contributed by atoms with van der Waals surface area (Å²) in [4.78, 5) is 12.7. The summed E-state index contributed by atoms with van der Waals surface area (Å²) in [6.45, 7) is 7.40. The van der Waals surface area contributed by atoms with Crippen molar-refractivity contribution in [1.82, 2.24) is 5.32 Å². The number of hydrogen-bond acceptors (Lipinski definition) is 5. The Morgan fingerprint density at radius 1 is 1.03 bits per heavy atom. The number of carbonyl (C=O) groups is 1. The minimum atomic E-state index is -4.05. The van der Waals surface area contributed by atoms with Crippen LogP contribution in [0.1, 0.15) is 37.8 Å². The number of rotatable bonds is 10. The average molecular weight is 449 g/mol. The van der Waals surface area contributed by atoms with Crippen molar-refractivity contribution < 1.29 is 22.7 Å². The molecule has 1 N–H and O–H groups in total. The highest BCUT2D eigenvalue weighted by Gasteiger charge is 2.29. The van der Waals surface area contributed by atoms with Crippen LogP contribution in [0.3, 0.4) is 0 Å². The number of amides is 1. The third kappa shape index (κ3) is 6.13. The molecule has 0 saturated carbocycles. The van der Waals surface area contributed by atoms with Gasteiger partial charge in [-0.15, -0.1) is 0 Å². The van der Waals surface area contributed by atoms with E-state index in [4.69, 9.17) is 9.47 Å². The van der Waals surface area contributed by atoms with Crippen molar-refractivity contribution in [3.8, 4) is 11.5 Å². The van der Waals surface area contributed by atoms with Gasteiger partial charge in [-0.1, -0.05) is 19.4 Å². The molecule has 1 atom stereocenters. The van der Waals surface area contributed by atoms with Gasteiger partial charge in [0.2, 0.25) is 5.91 Å². The number of nitrogens with zero attached hydrogens (tertiary/aromatic N) is 1. The van der Waals surface area contributed by atoms with Gasteiger partial charge in [0.15, 0.2) is 11.5 Å². The molecule has 0 aliphatic rings. The Hall–Kier alpha value is -2.74. The zero-order valence-electron chi connectivity index (χ0n) is 19.1. The van der Waals surface area contributed by atoms with Crippen molar-refractivity contribution >= 4 is 21.6 Å². The number of methoxy groups -OCH3 is 2. The first-order valence-corrected chi connectivity index (χ1v) is 11.7. The van der Waals surface area contributed by atoms with Gasteiger partial charge >= 0.3 is 0 Å². The monoisotopic (exact) mass is 448 g/mol. The van der Waals surface area contributed by atoms with E-state index in [1.165, 1.54) is 32.4 Å². The number of hydrogen-bond donors (Lipinski definition) is 1. The van der Waals surface area contributed by atoms with Crippen molar-refractivity contribution in [2.45, 2.75) is 51.5 Å². The number of benzene rings is 2. The lowest BCUT2D eigenvalue weighted by Gasteiger charge is -2.26. The van der Waals surface area contributed by atoms with E-state index < -0.39 is 10.0 Å². The highest BCUT2D eigenvalue weighted by molar-refractivity contribution is 7.92. The van der Waals surface area contributed by atoms with Crippen molar-refractivity contribution in [3.63, 3.8) is 0 Å². The molecular formula is C23H32N2O5S. The summed E-state index contributed by atoms with van der Waals surface area (Å²) in [5, 5.41) is 2.88. The fraction of sp³-hybridized carbons (Fsp3) is 0.435. The topological polar surface area (TPSA) is 84.9 Å². The highest BCUT2D eigenvalue weighted by Crippen LogP contribution is 2.32. The Labute approximate surface area is 185 Å². The van der Waals surface area contributed by atoms with E-state index >= 15 is 0 Å². The lowest BCUT2D eigenvalue weighted by atomic mass is 10.1. The molecule has 7 nitrogen and oxygen atoms in total. The van der Waals surface area contributed by atoms with Gasteiger partial charge in [0.05, 0.1) is 24.8 Å². The van der Waals surface area contributed by atoms with E-state index in [2.05, 4.69) is 5.32 Å². The second kappa shape index (κ2) is 10.5. The molecule has 0 radical (unpaired) electrons. The van der Waals surface area contributed by atoms with Crippen LogP contribution >= 0.6 is 0 Å². The fourth-order valence-electron chi connectivity index (χ4n) is 3.47. The average Bonchev–Trinajstić information content (AvgIpc) is 2.70. The Bertz CT molecular complexity index is 1000. The van der Waals surface area contributed by atoms with Gasteiger partial charge in [-0.3, -0.25) is 9.10 Å². The lowest BCUT2D eigenvalue weighted by molar-refractivity contribution is -0.120. The van der Waals surface area contributed by atoms with E-state index in [9.17, 15) is 13.2 Å². The lowest BCUT2D eigenvalue weighted by Crippen LogP contribution is -2.43. The molecule has 0 fully saturated rings. The summed E-state index contributed by atoms with van der Waals surface area (Å²) in [6, 6.07) is 9.82. The smallest absolute Gasteiger partial charge is 0.264 e. The minimum Gasteiger partial charge on any atom is -0.493 e. The molecule has 0 aromatic heterocycles. The Kier molecular flexibility index (Phi) is 8.33. The van der Waals surface area contributed by atoms with Crippen LogP contribution in [-0.4, -0.2) is 41.1 Å². The number of ether oxygens (including phenoxy) is 2. The van der Waals surface area contributed by atoms with E-state index in [1.54, 1.807) is 12.1 Å². The molecule has 0 aliphatic heterocycles. The molecule has 0 spiro atoms. The molecule has 31 heavy (non-hydrogen) atoms. The minimum absolute atomic E-state index is 0.0127. The SMILES string of the molecule is CCC[C@H](C)NC(=O)CN(c1cc(C)cc(C)c1)S(=O)(=O)c1ccc(OC)c(OC)c1. The Morgan fingerprint density at radius 3 is 2.19 bits per heavy atom. The Morgan fingerprint density at radius 2 is 1.65 bits per heavy atom. The largest absolute Gasteiger partial charge is 0.493 e. The van der Waals surface area contributed by atoms with E-state index in [-0.39, 0.29) is 23.4 Å². The zero-order valence-corrected chi connectivity index (χ0v) is 19.9. The molecule has 2 aromatic carbocycles. The number of carbonyl (C=O) groups excluding carboxylic acids is 1. The van der Waals surface area contributed by atoms with Gasteiger partial charge in [-0.05, 0) is 62.6 Å². The van der Waals surface area contributed by atoms with Crippen LogP contribution in [0.4, 0.5) is 5.69 Å². The van der Waals surface area contributed by atoms with Crippen LogP contribution in [-0.2, 0) is 14.8 Å². The normalized spacial score (nSPS) is 12.2. The molecule has 0 aliphatic carbocycles. The van der Waals surface area contributed by atoms with Gasteiger partial charge in [0.1, 0.15) is 6.54 Å². The van der Waals surface area contributed by atoms with Gasteiger partial charge in [-0.25, -0.2) is 8.42 Å². The summed E-state index contributed by atoms with van der Waals surface area (Å²) in [7, 11) is -1.13. The second-order valence-electron chi connectivity index (χ2n) is 7.63. The van der Waals surface area contributed by atoms with Crippen molar-refractivity contribution in [1.29, 1.82) is 0 Å². The van der Waals surface area contributed by atoms with Crippen LogP contribution in [0, 0.1) is 13.8 Å². The maximum atomic E-state index is 13.6. The standard InChI is InChI=1S/C23H32N2O5S/c1-7-8-18(4)24-23(26)15-25(19-12-16(2)11-17(3)13-19)31(27,28)20-9-10-21(29-5)22(14-20)30-6/h9-14,18H,7-8,15H2,1-6H3,(H,24,26)/t18-/m0/s1. The molecule has 0 unspecified atom stereocenters. The number of nitrogens with one attached hydrogen (secondary N) is 1. The molecule has 0 heterocycles. The second-order valence-corrected chi connectivity index (χ2v) is 9.49. The van der Waals surface area contributed by atoms with Crippen molar-refractivity contribution in [2.75, 3.05) is 25.1 Å². The van der Waals surface area contributed by atoms with E-state index in [0.717, 1.165) is 28.3 Å². The molecule has 170 valence electrons. The van der Waals surface area contributed by atoms with Crippen molar-refractivity contribution in [2.24, 2.45) is 0 Å². The van der Waals surface area contributed by atoms with Crippen LogP contribution < -0.4 is 19.1 Å². The maximum absolute atomic E-state index is 13.6. The van der Waals surface area contributed by atoms with Crippen molar-refractivity contribution in [3.05, 3.63) is 47.5 Å². The van der Waals surface area contributed by atoms with Gasteiger partial charge in [0, 0.05) is 12.1 Å². The number of aryl methyl sites for hydroxylation is 2.